The summed E-state index contributed by atoms with van der Waals surface area (Å²) in [5, 5.41) is 0. The van der Waals surface area contributed by atoms with Crippen molar-refractivity contribution in [3.05, 3.63) is 53.6 Å². The van der Waals surface area contributed by atoms with Crippen LogP contribution in [0.3, 0.4) is 0 Å². The zero-order valence-corrected chi connectivity index (χ0v) is 21.7. The van der Waals surface area contributed by atoms with E-state index in [0.29, 0.717) is 25.2 Å². The quantitative estimate of drug-likeness (QED) is 0.560. The van der Waals surface area contributed by atoms with E-state index in [4.69, 9.17) is 4.74 Å². The van der Waals surface area contributed by atoms with E-state index in [-0.39, 0.29) is 16.6 Å². The number of amides is 1. The molecule has 0 atom stereocenters. The zero-order chi connectivity index (χ0) is 24.8. The summed E-state index contributed by atoms with van der Waals surface area (Å²) in [6.45, 7) is 3.63. The second-order valence-electron chi connectivity index (χ2n) is 9.56. The number of piperidine rings is 1. The summed E-state index contributed by atoms with van der Waals surface area (Å²) in [6, 6.07) is 13.1. The van der Waals surface area contributed by atoms with Gasteiger partial charge in [0.15, 0.2) is 0 Å². The second-order valence-corrected chi connectivity index (χ2v) is 11.5. The standard InChI is InChI=1S/C27H37N3O4S/c1-28(21-22-10-13-24(14-11-22)29-16-6-5-7-17-29)27(31)23-12-15-25(34-2)26(20-23)35(32,33)30-18-8-3-4-9-19-30/h10-15,20H,3-9,16-19,21H2,1-2H3. The molecule has 2 aliphatic heterocycles. The number of rotatable bonds is 7. The van der Waals surface area contributed by atoms with Crippen molar-refractivity contribution < 1.29 is 17.9 Å². The Morgan fingerprint density at radius 3 is 2.11 bits per heavy atom. The van der Waals surface area contributed by atoms with Gasteiger partial charge in [-0.05, 0) is 68.0 Å². The van der Waals surface area contributed by atoms with E-state index >= 15 is 0 Å². The average molecular weight is 500 g/mol. The molecule has 4 rings (SSSR count). The summed E-state index contributed by atoms with van der Waals surface area (Å²) in [5.41, 5.74) is 2.60. The molecule has 0 aromatic heterocycles. The van der Waals surface area contributed by atoms with Gasteiger partial charge >= 0.3 is 0 Å². The van der Waals surface area contributed by atoms with Crippen molar-refractivity contribution in [1.29, 1.82) is 0 Å². The Bertz CT molecular complexity index is 1100. The number of hydrogen-bond donors (Lipinski definition) is 0. The molecule has 0 bridgehead atoms. The molecule has 0 saturated carbocycles. The first-order valence-electron chi connectivity index (χ1n) is 12.7. The Hall–Kier alpha value is -2.58. The summed E-state index contributed by atoms with van der Waals surface area (Å²) in [4.78, 5) is 17.3. The molecular formula is C27H37N3O4S. The molecule has 35 heavy (non-hydrogen) atoms. The van der Waals surface area contributed by atoms with Gasteiger partial charge in [0.25, 0.3) is 5.91 Å². The highest BCUT2D eigenvalue weighted by Gasteiger charge is 2.29. The van der Waals surface area contributed by atoms with Crippen LogP contribution in [0.5, 0.6) is 5.75 Å². The number of methoxy groups -OCH3 is 1. The van der Waals surface area contributed by atoms with Crippen LogP contribution in [-0.2, 0) is 16.6 Å². The van der Waals surface area contributed by atoms with Gasteiger partial charge in [0.1, 0.15) is 10.6 Å². The van der Waals surface area contributed by atoms with Crippen LogP contribution in [0.2, 0.25) is 0 Å². The SMILES string of the molecule is COc1ccc(C(=O)N(C)Cc2ccc(N3CCCCC3)cc2)cc1S(=O)(=O)N1CCCCCC1. The third-order valence-corrected chi connectivity index (χ3v) is 8.94. The summed E-state index contributed by atoms with van der Waals surface area (Å²) in [7, 11) is -0.551. The molecule has 0 N–H and O–H groups in total. The third kappa shape index (κ3) is 5.98. The predicted molar refractivity (Wildman–Crippen MR) is 139 cm³/mol. The number of sulfonamides is 1. The van der Waals surface area contributed by atoms with Crippen LogP contribution in [0, 0.1) is 0 Å². The van der Waals surface area contributed by atoms with E-state index in [9.17, 15) is 13.2 Å². The van der Waals surface area contributed by atoms with Crippen LogP contribution >= 0.6 is 0 Å². The Labute approximate surface area is 209 Å². The van der Waals surface area contributed by atoms with E-state index in [1.54, 1.807) is 24.1 Å². The van der Waals surface area contributed by atoms with Gasteiger partial charge in [-0.3, -0.25) is 4.79 Å². The van der Waals surface area contributed by atoms with Crippen molar-refractivity contribution in [2.24, 2.45) is 0 Å². The molecule has 0 spiro atoms. The lowest BCUT2D eigenvalue weighted by Gasteiger charge is -2.29. The number of hydrogen-bond acceptors (Lipinski definition) is 5. The van der Waals surface area contributed by atoms with Gasteiger partial charge in [-0.2, -0.15) is 4.31 Å². The summed E-state index contributed by atoms with van der Waals surface area (Å²) in [6.07, 6.45) is 7.52. The van der Waals surface area contributed by atoms with E-state index < -0.39 is 10.0 Å². The van der Waals surface area contributed by atoms with Crippen molar-refractivity contribution in [1.82, 2.24) is 9.21 Å². The second kappa shape index (κ2) is 11.4. The fraction of sp³-hybridized carbons (Fsp3) is 0.519. The molecule has 0 unspecified atom stereocenters. The molecule has 190 valence electrons. The highest BCUT2D eigenvalue weighted by atomic mass is 32.2. The van der Waals surface area contributed by atoms with E-state index in [0.717, 1.165) is 44.3 Å². The van der Waals surface area contributed by atoms with Gasteiger partial charge < -0.3 is 14.5 Å². The third-order valence-electron chi connectivity index (χ3n) is 7.02. The van der Waals surface area contributed by atoms with Gasteiger partial charge in [-0.25, -0.2) is 8.42 Å². The lowest BCUT2D eigenvalue weighted by Crippen LogP contribution is -2.32. The zero-order valence-electron chi connectivity index (χ0n) is 20.9. The summed E-state index contributed by atoms with van der Waals surface area (Å²) < 4.78 is 33.8. The monoisotopic (exact) mass is 499 g/mol. The van der Waals surface area contributed by atoms with Crippen LogP contribution < -0.4 is 9.64 Å². The molecule has 0 aliphatic carbocycles. The minimum absolute atomic E-state index is 0.0621. The van der Waals surface area contributed by atoms with Crippen molar-refractivity contribution in [2.45, 2.75) is 56.4 Å². The van der Waals surface area contributed by atoms with Crippen molar-refractivity contribution >= 4 is 21.6 Å². The minimum Gasteiger partial charge on any atom is -0.495 e. The van der Waals surface area contributed by atoms with Gasteiger partial charge in [0.2, 0.25) is 10.0 Å². The van der Waals surface area contributed by atoms with Crippen LogP contribution in [0.15, 0.2) is 47.4 Å². The number of ether oxygens (including phenoxy) is 1. The predicted octanol–water partition coefficient (Wildman–Crippen LogP) is 4.52. The molecule has 2 aromatic rings. The molecule has 2 aromatic carbocycles. The summed E-state index contributed by atoms with van der Waals surface area (Å²) in [5.74, 6) is 0.0434. The molecule has 1 amide bonds. The van der Waals surface area contributed by atoms with Gasteiger partial charge in [-0.1, -0.05) is 25.0 Å². The number of benzene rings is 2. The molecule has 2 heterocycles. The topological polar surface area (TPSA) is 70.2 Å². The van der Waals surface area contributed by atoms with Crippen LogP contribution in [0.25, 0.3) is 0 Å². The van der Waals surface area contributed by atoms with Gasteiger partial charge in [0, 0.05) is 51.0 Å². The number of nitrogens with zero attached hydrogens (tertiary/aromatic N) is 3. The lowest BCUT2D eigenvalue weighted by atomic mass is 10.1. The van der Waals surface area contributed by atoms with Crippen molar-refractivity contribution in [2.75, 3.05) is 45.2 Å². The maximum atomic E-state index is 13.4. The molecule has 2 fully saturated rings. The summed E-state index contributed by atoms with van der Waals surface area (Å²) >= 11 is 0. The number of carbonyl (C=O) groups excluding carboxylic acids is 1. The smallest absolute Gasteiger partial charge is 0.253 e. The Morgan fingerprint density at radius 1 is 0.886 bits per heavy atom. The number of anilines is 1. The largest absolute Gasteiger partial charge is 0.495 e. The molecule has 7 nitrogen and oxygen atoms in total. The molecule has 2 aliphatic rings. The maximum absolute atomic E-state index is 13.4. The first-order valence-corrected chi connectivity index (χ1v) is 14.1. The van der Waals surface area contributed by atoms with Crippen molar-refractivity contribution in [3.8, 4) is 5.75 Å². The normalized spacial score (nSPS) is 17.6. The van der Waals surface area contributed by atoms with Crippen molar-refractivity contribution in [3.63, 3.8) is 0 Å². The van der Waals surface area contributed by atoms with E-state index in [1.807, 2.05) is 0 Å². The van der Waals surface area contributed by atoms with Crippen LogP contribution in [-0.4, -0.2) is 63.9 Å². The van der Waals surface area contributed by atoms with Gasteiger partial charge in [-0.15, -0.1) is 0 Å². The molecule has 0 radical (unpaired) electrons. The minimum atomic E-state index is -3.75. The highest BCUT2D eigenvalue weighted by Crippen LogP contribution is 2.30. The Kier molecular flexibility index (Phi) is 8.34. The Balaban J connectivity index is 1.49. The lowest BCUT2D eigenvalue weighted by molar-refractivity contribution is 0.0785. The maximum Gasteiger partial charge on any atom is 0.253 e. The average Bonchev–Trinajstić information content (AvgIpc) is 3.19. The Morgan fingerprint density at radius 2 is 1.49 bits per heavy atom. The van der Waals surface area contributed by atoms with Gasteiger partial charge in [0.05, 0.1) is 7.11 Å². The molecule has 8 heteroatoms. The fourth-order valence-electron chi connectivity index (χ4n) is 4.96. The first kappa shape index (κ1) is 25.5. The van der Waals surface area contributed by atoms with Crippen LogP contribution in [0.1, 0.15) is 60.9 Å². The van der Waals surface area contributed by atoms with E-state index in [2.05, 4.69) is 29.2 Å². The fourth-order valence-corrected chi connectivity index (χ4v) is 6.66. The number of carbonyl (C=O) groups is 1. The van der Waals surface area contributed by atoms with Crippen LogP contribution in [0.4, 0.5) is 5.69 Å². The van der Waals surface area contributed by atoms with E-state index in [1.165, 1.54) is 42.4 Å². The molecular weight excluding hydrogens is 462 g/mol. The highest BCUT2D eigenvalue weighted by molar-refractivity contribution is 7.89. The molecule has 2 saturated heterocycles. The first-order chi connectivity index (χ1) is 16.9.